The maximum absolute atomic E-state index is 11.7. The molecule has 1 aromatic rings. The number of sulfonamides is 1. The molecule has 5 nitrogen and oxygen atoms in total. The molecule has 1 heterocycles. The Hall–Kier alpha value is -0.440. The lowest BCUT2D eigenvalue weighted by Gasteiger charge is -2.10. The van der Waals surface area contributed by atoms with Crippen molar-refractivity contribution in [2.45, 2.75) is 17.2 Å². The lowest BCUT2D eigenvalue weighted by atomic mass is 10.4. The van der Waals surface area contributed by atoms with Gasteiger partial charge in [0.25, 0.3) is 10.0 Å². The van der Waals surface area contributed by atoms with Crippen molar-refractivity contribution in [3.05, 3.63) is 15.9 Å². The van der Waals surface area contributed by atoms with Crippen molar-refractivity contribution in [3.8, 4) is 0 Å². The van der Waals surface area contributed by atoms with E-state index in [2.05, 4.69) is 25.4 Å². The van der Waals surface area contributed by atoms with Crippen LogP contribution in [-0.2, 0) is 19.6 Å². The van der Waals surface area contributed by atoms with E-state index >= 15 is 0 Å². The van der Waals surface area contributed by atoms with Gasteiger partial charge in [0.2, 0.25) is 0 Å². The van der Waals surface area contributed by atoms with E-state index in [1.165, 1.54) is 20.1 Å². The van der Waals surface area contributed by atoms with Crippen molar-refractivity contribution in [1.29, 1.82) is 0 Å². The van der Waals surface area contributed by atoms with Crippen LogP contribution in [0.1, 0.15) is 6.92 Å². The van der Waals surface area contributed by atoms with Gasteiger partial charge in [-0.15, -0.1) is 11.3 Å². The van der Waals surface area contributed by atoms with Crippen LogP contribution in [0, 0.1) is 0 Å². The van der Waals surface area contributed by atoms with Crippen LogP contribution in [0.15, 0.2) is 20.1 Å². The van der Waals surface area contributed by atoms with E-state index in [-0.39, 0.29) is 4.21 Å². The van der Waals surface area contributed by atoms with Gasteiger partial charge in [0.1, 0.15) is 10.3 Å². The predicted octanol–water partition coefficient (Wildman–Crippen LogP) is 1.35. The van der Waals surface area contributed by atoms with Crippen LogP contribution in [0.2, 0.25) is 0 Å². The van der Waals surface area contributed by atoms with Crippen LogP contribution < -0.4 is 4.72 Å². The van der Waals surface area contributed by atoms with E-state index in [4.69, 9.17) is 0 Å². The molecule has 90 valence electrons. The van der Waals surface area contributed by atoms with E-state index in [0.717, 1.165) is 11.3 Å². The second-order valence-electron chi connectivity index (χ2n) is 2.92. The molecule has 0 aliphatic heterocycles. The summed E-state index contributed by atoms with van der Waals surface area (Å²) in [4.78, 5) is 11.1. The zero-order valence-corrected chi connectivity index (χ0v) is 11.8. The molecule has 0 amide bonds. The van der Waals surface area contributed by atoms with Crippen LogP contribution in [0.25, 0.3) is 0 Å². The Morgan fingerprint density at radius 3 is 2.62 bits per heavy atom. The Balaban J connectivity index is 2.84. The van der Waals surface area contributed by atoms with Gasteiger partial charge in [-0.1, -0.05) is 0 Å². The summed E-state index contributed by atoms with van der Waals surface area (Å²) in [6.07, 6.45) is 0. The highest BCUT2D eigenvalue weighted by atomic mass is 79.9. The molecule has 0 saturated carbocycles. The number of nitrogens with one attached hydrogen (secondary N) is 1. The molecule has 0 saturated heterocycles. The number of carbonyl (C=O) groups excluding carboxylic acids is 1. The zero-order chi connectivity index (χ0) is 12.3. The fourth-order valence-electron chi connectivity index (χ4n) is 0.958. The van der Waals surface area contributed by atoms with Crippen molar-refractivity contribution in [1.82, 2.24) is 4.72 Å². The Morgan fingerprint density at radius 1 is 1.56 bits per heavy atom. The van der Waals surface area contributed by atoms with Crippen LogP contribution >= 0.6 is 27.3 Å². The van der Waals surface area contributed by atoms with Crippen molar-refractivity contribution in [3.63, 3.8) is 0 Å². The summed E-state index contributed by atoms with van der Waals surface area (Å²) in [6, 6.07) is 2.18. The van der Waals surface area contributed by atoms with E-state index in [1.807, 2.05) is 0 Å². The van der Waals surface area contributed by atoms with Gasteiger partial charge in [0.05, 0.1) is 10.9 Å². The summed E-state index contributed by atoms with van der Waals surface area (Å²) >= 11 is 4.24. The number of hydrogen-bond acceptors (Lipinski definition) is 5. The minimum absolute atomic E-state index is 0.148. The summed E-state index contributed by atoms with van der Waals surface area (Å²) in [5.74, 6) is -0.626. The fraction of sp³-hybridized carbons (Fsp3) is 0.375. The number of methoxy groups -OCH3 is 1. The standard InChI is InChI=1S/C8H10BrNO4S2/c1-5(8(11)14-2)10-16(12,13)7-4-3-6(9)15-7/h3-5,10H,1-2H3. The maximum Gasteiger partial charge on any atom is 0.323 e. The molecule has 0 aromatic carbocycles. The van der Waals surface area contributed by atoms with Crippen LogP contribution in [0.5, 0.6) is 0 Å². The number of rotatable bonds is 4. The smallest absolute Gasteiger partial charge is 0.323 e. The number of ether oxygens (including phenoxy) is 1. The lowest BCUT2D eigenvalue weighted by molar-refractivity contribution is -0.142. The van der Waals surface area contributed by atoms with Gasteiger partial charge >= 0.3 is 5.97 Å². The van der Waals surface area contributed by atoms with Crippen molar-refractivity contribution < 1.29 is 17.9 Å². The highest BCUT2D eigenvalue weighted by Crippen LogP contribution is 2.25. The number of thiophene rings is 1. The van der Waals surface area contributed by atoms with E-state index in [1.54, 1.807) is 6.07 Å². The second kappa shape index (κ2) is 5.26. The predicted molar refractivity (Wildman–Crippen MR) is 63.8 cm³/mol. The topological polar surface area (TPSA) is 72.5 Å². The van der Waals surface area contributed by atoms with Crippen molar-refractivity contribution in [2.24, 2.45) is 0 Å². The van der Waals surface area contributed by atoms with Crippen LogP contribution in [0.4, 0.5) is 0 Å². The van der Waals surface area contributed by atoms with Crippen molar-refractivity contribution in [2.75, 3.05) is 7.11 Å². The molecule has 16 heavy (non-hydrogen) atoms. The third kappa shape index (κ3) is 3.27. The maximum atomic E-state index is 11.7. The number of hydrogen-bond donors (Lipinski definition) is 1. The highest BCUT2D eigenvalue weighted by Gasteiger charge is 2.23. The number of esters is 1. The summed E-state index contributed by atoms with van der Waals surface area (Å²) in [6.45, 7) is 1.42. The van der Waals surface area contributed by atoms with Gasteiger partial charge in [0.15, 0.2) is 0 Å². The molecule has 1 atom stereocenters. The van der Waals surface area contributed by atoms with Gasteiger partial charge in [-0.25, -0.2) is 8.42 Å². The average molecular weight is 328 g/mol. The number of halogens is 1. The minimum Gasteiger partial charge on any atom is -0.468 e. The highest BCUT2D eigenvalue weighted by molar-refractivity contribution is 9.11. The summed E-state index contributed by atoms with van der Waals surface area (Å²) in [5, 5.41) is 0. The fourth-order valence-corrected chi connectivity index (χ4v) is 4.18. The van der Waals surface area contributed by atoms with Gasteiger partial charge in [-0.3, -0.25) is 4.79 Å². The Labute approximate surface area is 106 Å². The van der Waals surface area contributed by atoms with Gasteiger partial charge < -0.3 is 4.74 Å². The Kier molecular flexibility index (Phi) is 4.48. The molecule has 0 aliphatic carbocycles. The monoisotopic (exact) mass is 327 g/mol. The number of carbonyl (C=O) groups is 1. The molecular weight excluding hydrogens is 318 g/mol. The minimum atomic E-state index is -3.66. The van der Waals surface area contributed by atoms with E-state index in [0.29, 0.717) is 3.79 Å². The SMILES string of the molecule is COC(=O)C(C)NS(=O)(=O)c1ccc(Br)s1. The third-order valence-corrected chi connectivity index (χ3v) is 5.36. The molecule has 0 spiro atoms. The molecule has 1 rings (SSSR count). The molecule has 0 aliphatic rings. The van der Waals surface area contributed by atoms with Gasteiger partial charge in [0, 0.05) is 0 Å². The Morgan fingerprint density at radius 2 is 2.19 bits per heavy atom. The molecule has 1 N–H and O–H groups in total. The first kappa shape index (κ1) is 13.6. The quantitative estimate of drug-likeness (QED) is 0.847. The van der Waals surface area contributed by atoms with Gasteiger partial charge in [-0.2, -0.15) is 4.72 Å². The third-order valence-electron chi connectivity index (χ3n) is 1.70. The normalized spacial score (nSPS) is 13.4. The largest absolute Gasteiger partial charge is 0.468 e. The van der Waals surface area contributed by atoms with Crippen molar-refractivity contribution >= 4 is 43.3 Å². The first-order valence-electron chi connectivity index (χ1n) is 4.22. The Bertz CT molecular complexity index is 482. The van der Waals surface area contributed by atoms with E-state index in [9.17, 15) is 13.2 Å². The second-order valence-corrected chi connectivity index (χ2v) is 7.33. The first-order chi connectivity index (χ1) is 7.36. The zero-order valence-electron chi connectivity index (χ0n) is 8.56. The molecule has 0 fully saturated rings. The molecule has 0 bridgehead atoms. The molecular formula is C8H10BrNO4S2. The molecule has 8 heteroatoms. The summed E-state index contributed by atoms with van der Waals surface area (Å²) < 4.78 is 31.0. The van der Waals surface area contributed by atoms with Gasteiger partial charge in [-0.05, 0) is 35.0 Å². The summed E-state index contributed by atoms with van der Waals surface area (Å²) in [7, 11) is -2.45. The first-order valence-corrected chi connectivity index (χ1v) is 7.31. The molecule has 1 unspecified atom stereocenters. The van der Waals surface area contributed by atoms with E-state index < -0.39 is 22.0 Å². The van der Waals surface area contributed by atoms with Crippen LogP contribution in [-0.4, -0.2) is 27.5 Å². The molecule has 0 radical (unpaired) electrons. The average Bonchev–Trinajstić information content (AvgIpc) is 2.63. The van der Waals surface area contributed by atoms with Crippen LogP contribution in [0.3, 0.4) is 0 Å². The molecule has 1 aromatic heterocycles. The lowest BCUT2D eigenvalue weighted by Crippen LogP contribution is -2.38. The summed E-state index contributed by atoms with van der Waals surface area (Å²) in [5.41, 5.74) is 0.